The van der Waals surface area contributed by atoms with Crippen molar-refractivity contribution in [3.8, 4) is 0 Å². The topological polar surface area (TPSA) is 43.1 Å². The van der Waals surface area contributed by atoms with Crippen LogP contribution in [0.1, 0.15) is 39.6 Å². The van der Waals surface area contributed by atoms with Gasteiger partial charge in [-0.05, 0) is 44.2 Å². The summed E-state index contributed by atoms with van der Waals surface area (Å²) in [7, 11) is 0. The summed E-state index contributed by atoms with van der Waals surface area (Å²) in [6.45, 7) is 4.27. The van der Waals surface area contributed by atoms with Crippen LogP contribution in [0.4, 0.5) is 0 Å². The molecular formula is C11H15NOS. The molecule has 76 valence electrons. The van der Waals surface area contributed by atoms with Crippen LogP contribution in [0.25, 0.3) is 0 Å². The first kappa shape index (κ1) is 9.71. The van der Waals surface area contributed by atoms with Gasteiger partial charge in [0.05, 0.1) is 5.92 Å². The third kappa shape index (κ3) is 1.36. The predicted octanol–water partition coefficient (Wildman–Crippen LogP) is 2.27. The molecule has 14 heavy (non-hydrogen) atoms. The highest BCUT2D eigenvalue weighted by atomic mass is 32.1. The lowest BCUT2D eigenvalue weighted by atomic mass is 9.87. The van der Waals surface area contributed by atoms with E-state index in [1.165, 1.54) is 20.9 Å². The van der Waals surface area contributed by atoms with E-state index < -0.39 is 0 Å². The van der Waals surface area contributed by atoms with Crippen molar-refractivity contribution in [1.29, 1.82) is 0 Å². The summed E-state index contributed by atoms with van der Waals surface area (Å²) >= 11 is 1.75. The standard InChI is InChI=1S/C11H15NOS/c1-6-7(2)14-10-8(6)4-3-5-9(10)11(12)13/h9H,3-5H2,1-2H3,(H2,12,13). The molecule has 1 heterocycles. The second kappa shape index (κ2) is 3.39. The van der Waals surface area contributed by atoms with Crippen LogP contribution in [0, 0.1) is 13.8 Å². The Morgan fingerprint density at radius 2 is 2.21 bits per heavy atom. The van der Waals surface area contributed by atoms with Crippen LogP contribution in [-0.2, 0) is 11.2 Å². The third-order valence-electron chi connectivity index (χ3n) is 3.12. The summed E-state index contributed by atoms with van der Waals surface area (Å²) in [5, 5.41) is 0. The molecule has 1 aromatic heterocycles. The number of thiophene rings is 1. The second-order valence-electron chi connectivity index (χ2n) is 3.97. The molecule has 1 atom stereocenters. The highest BCUT2D eigenvalue weighted by molar-refractivity contribution is 7.12. The molecule has 0 aromatic carbocycles. The van der Waals surface area contributed by atoms with Gasteiger partial charge in [-0.3, -0.25) is 4.79 Å². The summed E-state index contributed by atoms with van der Waals surface area (Å²) in [5.74, 6) is -0.177. The quantitative estimate of drug-likeness (QED) is 0.757. The highest BCUT2D eigenvalue weighted by Gasteiger charge is 2.28. The van der Waals surface area contributed by atoms with Crippen molar-refractivity contribution >= 4 is 17.2 Å². The van der Waals surface area contributed by atoms with Crippen molar-refractivity contribution in [2.75, 3.05) is 0 Å². The Hall–Kier alpha value is -0.830. The second-order valence-corrected chi connectivity index (χ2v) is 5.23. The van der Waals surface area contributed by atoms with Crippen molar-refractivity contribution in [3.05, 3.63) is 20.9 Å². The Bertz CT molecular complexity index is 381. The number of carbonyl (C=O) groups is 1. The molecule has 2 nitrogen and oxygen atoms in total. The maximum Gasteiger partial charge on any atom is 0.225 e. The third-order valence-corrected chi connectivity index (χ3v) is 4.48. The van der Waals surface area contributed by atoms with Crippen LogP contribution < -0.4 is 5.73 Å². The maximum atomic E-state index is 11.3. The van der Waals surface area contributed by atoms with Gasteiger partial charge in [-0.25, -0.2) is 0 Å². The predicted molar refractivity (Wildman–Crippen MR) is 58.7 cm³/mol. The SMILES string of the molecule is Cc1sc2c(c1C)CCCC2C(N)=O. The Balaban J connectivity index is 2.50. The summed E-state index contributed by atoms with van der Waals surface area (Å²) in [6.07, 6.45) is 3.15. The Morgan fingerprint density at radius 1 is 1.50 bits per heavy atom. The molecule has 1 aliphatic rings. The number of primary amides is 1. The first-order chi connectivity index (χ1) is 6.61. The average molecular weight is 209 g/mol. The van der Waals surface area contributed by atoms with E-state index in [0.29, 0.717) is 0 Å². The summed E-state index contributed by atoms with van der Waals surface area (Å²) in [4.78, 5) is 13.8. The number of rotatable bonds is 1. The molecule has 0 bridgehead atoms. The van der Waals surface area contributed by atoms with Crippen LogP contribution >= 0.6 is 11.3 Å². The molecule has 1 unspecified atom stereocenters. The van der Waals surface area contributed by atoms with Gasteiger partial charge in [-0.1, -0.05) is 0 Å². The first-order valence-corrected chi connectivity index (χ1v) is 5.81. The molecule has 0 spiro atoms. The molecule has 2 N–H and O–H groups in total. The van der Waals surface area contributed by atoms with Gasteiger partial charge in [0.1, 0.15) is 0 Å². The van der Waals surface area contributed by atoms with Gasteiger partial charge in [0, 0.05) is 9.75 Å². The fourth-order valence-electron chi connectivity index (χ4n) is 2.18. The van der Waals surface area contributed by atoms with Gasteiger partial charge in [0.25, 0.3) is 0 Å². The van der Waals surface area contributed by atoms with Crippen LogP contribution in [0.5, 0.6) is 0 Å². The van der Waals surface area contributed by atoms with E-state index in [9.17, 15) is 4.79 Å². The largest absolute Gasteiger partial charge is 0.369 e. The summed E-state index contributed by atoms with van der Waals surface area (Å²) < 4.78 is 0. The Kier molecular flexibility index (Phi) is 2.35. The van der Waals surface area contributed by atoms with Crippen LogP contribution in [0.3, 0.4) is 0 Å². The Labute approximate surface area is 88.1 Å². The number of fused-ring (bicyclic) bond motifs is 1. The fraction of sp³-hybridized carbons (Fsp3) is 0.545. The zero-order valence-corrected chi connectivity index (χ0v) is 9.41. The zero-order chi connectivity index (χ0) is 10.3. The molecule has 2 rings (SSSR count). The van der Waals surface area contributed by atoms with Crippen molar-refractivity contribution < 1.29 is 4.79 Å². The van der Waals surface area contributed by atoms with Crippen LogP contribution in [-0.4, -0.2) is 5.91 Å². The first-order valence-electron chi connectivity index (χ1n) is 4.99. The number of hydrogen-bond acceptors (Lipinski definition) is 2. The van der Waals surface area contributed by atoms with Gasteiger partial charge in [0.2, 0.25) is 5.91 Å². The molecule has 0 saturated carbocycles. The van der Waals surface area contributed by atoms with E-state index in [-0.39, 0.29) is 11.8 Å². The smallest absolute Gasteiger partial charge is 0.225 e. The summed E-state index contributed by atoms with van der Waals surface area (Å²) in [5.41, 5.74) is 8.17. The normalized spacial score (nSPS) is 20.6. The van der Waals surface area contributed by atoms with Crippen LogP contribution in [0.2, 0.25) is 0 Å². The fourth-order valence-corrected chi connectivity index (χ4v) is 3.54. The molecule has 0 aliphatic heterocycles. The molecule has 0 fully saturated rings. The highest BCUT2D eigenvalue weighted by Crippen LogP contribution is 2.39. The van der Waals surface area contributed by atoms with E-state index >= 15 is 0 Å². The number of aryl methyl sites for hydroxylation is 1. The molecule has 1 aliphatic carbocycles. The van der Waals surface area contributed by atoms with Crippen molar-refractivity contribution in [2.24, 2.45) is 5.73 Å². The van der Waals surface area contributed by atoms with Crippen molar-refractivity contribution in [3.63, 3.8) is 0 Å². The lowest BCUT2D eigenvalue weighted by molar-refractivity contribution is -0.119. The number of hydrogen-bond donors (Lipinski definition) is 1. The molecule has 1 amide bonds. The monoisotopic (exact) mass is 209 g/mol. The number of nitrogens with two attached hydrogens (primary N) is 1. The Morgan fingerprint density at radius 3 is 2.86 bits per heavy atom. The van der Waals surface area contributed by atoms with E-state index in [0.717, 1.165) is 19.3 Å². The minimum Gasteiger partial charge on any atom is -0.369 e. The molecule has 3 heteroatoms. The van der Waals surface area contributed by atoms with Gasteiger partial charge in [0.15, 0.2) is 0 Å². The van der Waals surface area contributed by atoms with E-state index in [1.54, 1.807) is 11.3 Å². The van der Waals surface area contributed by atoms with E-state index in [2.05, 4.69) is 13.8 Å². The minimum atomic E-state index is -0.160. The molecule has 1 aromatic rings. The van der Waals surface area contributed by atoms with Gasteiger partial charge in [-0.2, -0.15) is 0 Å². The van der Waals surface area contributed by atoms with Crippen molar-refractivity contribution in [2.45, 2.75) is 39.0 Å². The lowest BCUT2D eigenvalue weighted by Gasteiger charge is -2.19. The zero-order valence-electron chi connectivity index (χ0n) is 8.59. The lowest BCUT2D eigenvalue weighted by Crippen LogP contribution is -2.23. The maximum absolute atomic E-state index is 11.3. The van der Waals surface area contributed by atoms with E-state index in [1.807, 2.05) is 0 Å². The summed E-state index contributed by atoms with van der Waals surface area (Å²) in [6, 6.07) is 0. The number of carbonyl (C=O) groups excluding carboxylic acids is 1. The molecular weight excluding hydrogens is 194 g/mol. The van der Waals surface area contributed by atoms with Gasteiger partial charge in [-0.15, -0.1) is 11.3 Å². The molecule has 0 radical (unpaired) electrons. The van der Waals surface area contributed by atoms with E-state index in [4.69, 9.17) is 5.73 Å². The average Bonchev–Trinajstić information content (AvgIpc) is 2.43. The minimum absolute atomic E-state index is 0.0175. The van der Waals surface area contributed by atoms with Crippen molar-refractivity contribution in [1.82, 2.24) is 0 Å². The van der Waals surface area contributed by atoms with Gasteiger partial charge >= 0.3 is 0 Å². The van der Waals surface area contributed by atoms with Crippen LogP contribution in [0.15, 0.2) is 0 Å². The number of amides is 1. The molecule has 0 saturated heterocycles. The van der Waals surface area contributed by atoms with Gasteiger partial charge < -0.3 is 5.73 Å².